The predicted molar refractivity (Wildman–Crippen MR) is 65.1 cm³/mol. The highest BCUT2D eigenvalue weighted by molar-refractivity contribution is 5.89. The van der Waals surface area contributed by atoms with Crippen molar-refractivity contribution in [3.05, 3.63) is 23.9 Å². The summed E-state index contributed by atoms with van der Waals surface area (Å²) in [5, 5.41) is 9.25. The van der Waals surface area contributed by atoms with Crippen LogP contribution >= 0.6 is 0 Å². The van der Waals surface area contributed by atoms with Crippen LogP contribution in [0.4, 0.5) is 5.82 Å². The summed E-state index contributed by atoms with van der Waals surface area (Å²) in [6.07, 6.45) is 1.05. The van der Waals surface area contributed by atoms with E-state index in [1.807, 2.05) is 11.9 Å². The van der Waals surface area contributed by atoms with Crippen LogP contribution in [-0.4, -0.2) is 42.4 Å². The summed E-state index contributed by atoms with van der Waals surface area (Å²) in [6, 6.07) is 3.40. The molecule has 1 N–H and O–H groups in total. The van der Waals surface area contributed by atoms with Crippen molar-refractivity contribution in [1.82, 2.24) is 4.98 Å². The van der Waals surface area contributed by atoms with Gasteiger partial charge in [0.1, 0.15) is 5.82 Å². The molecule has 0 saturated carbocycles. The molecule has 0 aromatic carbocycles. The molecule has 0 amide bonds. The molecule has 5 heteroatoms. The molecule has 0 radical (unpaired) electrons. The first-order valence-corrected chi connectivity index (χ1v) is 5.57. The number of aliphatic hydroxyl groups excluding tert-OH is 1. The number of nitrogens with zero attached hydrogens (tertiary/aromatic N) is 2. The van der Waals surface area contributed by atoms with Crippen molar-refractivity contribution in [2.24, 2.45) is 0 Å². The number of carbonyl (C=O) groups is 1. The topological polar surface area (TPSA) is 62.7 Å². The minimum Gasteiger partial charge on any atom is -0.462 e. The van der Waals surface area contributed by atoms with E-state index in [4.69, 9.17) is 4.74 Å². The summed E-state index contributed by atoms with van der Waals surface area (Å²) in [5.41, 5.74) is 0.432. The Balaban J connectivity index is 2.70. The van der Waals surface area contributed by atoms with E-state index >= 15 is 0 Å². The molecule has 1 unspecified atom stereocenters. The molecule has 0 aliphatic rings. The lowest BCUT2D eigenvalue weighted by molar-refractivity contribution is 0.0526. The number of pyridine rings is 1. The smallest absolute Gasteiger partial charge is 0.339 e. The molecular weight excluding hydrogens is 220 g/mol. The Morgan fingerprint density at radius 2 is 2.29 bits per heavy atom. The SMILES string of the molecule is CCOC(=O)c1ccc(N(C)CC(C)O)nc1. The Labute approximate surface area is 101 Å². The minimum atomic E-state index is -0.425. The van der Waals surface area contributed by atoms with Gasteiger partial charge in [-0.15, -0.1) is 0 Å². The first kappa shape index (κ1) is 13.4. The van der Waals surface area contributed by atoms with Crippen LogP contribution in [0, 0.1) is 0 Å². The molecule has 1 aromatic rings. The van der Waals surface area contributed by atoms with E-state index < -0.39 is 6.10 Å². The lowest BCUT2D eigenvalue weighted by atomic mass is 10.3. The second-order valence-electron chi connectivity index (χ2n) is 3.86. The van der Waals surface area contributed by atoms with Crippen molar-refractivity contribution >= 4 is 11.8 Å². The summed E-state index contributed by atoms with van der Waals surface area (Å²) >= 11 is 0. The Morgan fingerprint density at radius 1 is 1.59 bits per heavy atom. The number of rotatable bonds is 5. The third-order valence-electron chi connectivity index (χ3n) is 2.19. The van der Waals surface area contributed by atoms with Crippen LogP contribution in [0.5, 0.6) is 0 Å². The number of hydrogen-bond donors (Lipinski definition) is 1. The standard InChI is InChI=1S/C12H18N2O3/c1-4-17-12(16)10-5-6-11(13-7-10)14(3)8-9(2)15/h5-7,9,15H,4,8H2,1-3H3. The fraction of sp³-hybridized carbons (Fsp3) is 0.500. The van der Waals surface area contributed by atoms with Gasteiger partial charge in [-0.2, -0.15) is 0 Å². The summed E-state index contributed by atoms with van der Waals surface area (Å²) in [7, 11) is 1.83. The first-order chi connectivity index (χ1) is 8.04. The second kappa shape index (κ2) is 6.20. The van der Waals surface area contributed by atoms with Crippen LogP contribution in [0.2, 0.25) is 0 Å². The fourth-order valence-electron chi connectivity index (χ4n) is 1.44. The monoisotopic (exact) mass is 238 g/mol. The number of carbonyl (C=O) groups excluding carboxylic acids is 1. The molecule has 1 atom stereocenters. The van der Waals surface area contributed by atoms with Crippen molar-refractivity contribution in [2.45, 2.75) is 20.0 Å². The van der Waals surface area contributed by atoms with Gasteiger partial charge < -0.3 is 14.7 Å². The van der Waals surface area contributed by atoms with E-state index in [1.54, 1.807) is 26.0 Å². The Kier molecular flexibility index (Phi) is 4.90. The molecule has 17 heavy (non-hydrogen) atoms. The molecule has 5 nitrogen and oxygen atoms in total. The highest BCUT2D eigenvalue weighted by atomic mass is 16.5. The normalized spacial score (nSPS) is 12.0. The zero-order valence-electron chi connectivity index (χ0n) is 10.4. The number of ether oxygens (including phenoxy) is 1. The molecule has 0 saturated heterocycles. The summed E-state index contributed by atoms with van der Waals surface area (Å²) in [6.45, 7) is 4.31. The molecule has 94 valence electrons. The Bertz CT molecular complexity index is 363. The summed E-state index contributed by atoms with van der Waals surface area (Å²) in [4.78, 5) is 17.4. The average molecular weight is 238 g/mol. The van der Waals surface area contributed by atoms with Crippen LogP contribution < -0.4 is 4.90 Å². The first-order valence-electron chi connectivity index (χ1n) is 5.57. The van der Waals surface area contributed by atoms with E-state index in [9.17, 15) is 9.90 Å². The van der Waals surface area contributed by atoms with Crippen molar-refractivity contribution in [3.8, 4) is 0 Å². The van der Waals surface area contributed by atoms with Gasteiger partial charge in [-0.1, -0.05) is 0 Å². The highest BCUT2D eigenvalue weighted by Gasteiger charge is 2.09. The number of aliphatic hydroxyl groups is 1. The molecule has 0 bridgehead atoms. The third-order valence-corrected chi connectivity index (χ3v) is 2.19. The van der Waals surface area contributed by atoms with Gasteiger partial charge in [0.2, 0.25) is 0 Å². The number of anilines is 1. The maximum absolute atomic E-state index is 11.4. The average Bonchev–Trinajstić information content (AvgIpc) is 2.28. The van der Waals surface area contributed by atoms with Crippen LogP contribution in [0.15, 0.2) is 18.3 Å². The molecule has 0 fully saturated rings. The lowest BCUT2D eigenvalue weighted by Gasteiger charge is -2.19. The van der Waals surface area contributed by atoms with E-state index in [0.29, 0.717) is 24.5 Å². The van der Waals surface area contributed by atoms with Gasteiger partial charge >= 0.3 is 5.97 Å². The van der Waals surface area contributed by atoms with Crippen molar-refractivity contribution in [2.75, 3.05) is 25.1 Å². The number of aromatic nitrogens is 1. The number of esters is 1. The molecule has 1 heterocycles. The number of likely N-dealkylation sites (N-methyl/N-ethyl adjacent to an activating group) is 1. The van der Waals surface area contributed by atoms with E-state index in [1.165, 1.54) is 6.20 Å². The Hall–Kier alpha value is -1.62. The third kappa shape index (κ3) is 4.03. The van der Waals surface area contributed by atoms with Crippen LogP contribution in [-0.2, 0) is 4.74 Å². The van der Waals surface area contributed by atoms with Gasteiger partial charge in [-0.05, 0) is 26.0 Å². The van der Waals surface area contributed by atoms with E-state index in [-0.39, 0.29) is 5.97 Å². The van der Waals surface area contributed by atoms with Gasteiger partial charge in [0.15, 0.2) is 0 Å². The minimum absolute atomic E-state index is 0.350. The van der Waals surface area contributed by atoms with Crippen LogP contribution in [0.25, 0.3) is 0 Å². The lowest BCUT2D eigenvalue weighted by Crippen LogP contribution is -2.27. The molecule has 0 aliphatic heterocycles. The van der Waals surface area contributed by atoms with Gasteiger partial charge in [-0.3, -0.25) is 0 Å². The Morgan fingerprint density at radius 3 is 2.76 bits per heavy atom. The summed E-state index contributed by atoms with van der Waals surface area (Å²) < 4.78 is 4.86. The van der Waals surface area contributed by atoms with E-state index in [2.05, 4.69) is 4.98 Å². The van der Waals surface area contributed by atoms with Crippen molar-refractivity contribution in [1.29, 1.82) is 0 Å². The van der Waals surface area contributed by atoms with Crippen molar-refractivity contribution in [3.63, 3.8) is 0 Å². The second-order valence-corrected chi connectivity index (χ2v) is 3.86. The maximum atomic E-state index is 11.4. The van der Waals surface area contributed by atoms with E-state index in [0.717, 1.165) is 0 Å². The van der Waals surface area contributed by atoms with Gasteiger partial charge in [0.05, 0.1) is 18.3 Å². The summed E-state index contributed by atoms with van der Waals surface area (Å²) in [5.74, 6) is 0.337. The molecule has 0 aliphatic carbocycles. The fourth-order valence-corrected chi connectivity index (χ4v) is 1.44. The van der Waals surface area contributed by atoms with Crippen LogP contribution in [0.3, 0.4) is 0 Å². The van der Waals surface area contributed by atoms with Crippen LogP contribution in [0.1, 0.15) is 24.2 Å². The quantitative estimate of drug-likeness (QED) is 0.778. The zero-order valence-corrected chi connectivity index (χ0v) is 10.4. The molecule has 1 rings (SSSR count). The van der Waals surface area contributed by atoms with Gasteiger partial charge in [0.25, 0.3) is 0 Å². The number of hydrogen-bond acceptors (Lipinski definition) is 5. The maximum Gasteiger partial charge on any atom is 0.339 e. The molecule has 1 aromatic heterocycles. The largest absolute Gasteiger partial charge is 0.462 e. The molecular formula is C12H18N2O3. The highest BCUT2D eigenvalue weighted by Crippen LogP contribution is 2.10. The van der Waals surface area contributed by atoms with Crippen molar-refractivity contribution < 1.29 is 14.6 Å². The predicted octanol–water partition coefficient (Wildman–Crippen LogP) is 1.08. The molecule has 0 spiro atoms. The van der Waals surface area contributed by atoms with Gasteiger partial charge in [0, 0.05) is 19.8 Å². The zero-order chi connectivity index (χ0) is 12.8. The van der Waals surface area contributed by atoms with Gasteiger partial charge in [-0.25, -0.2) is 9.78 Å².